The minimum absolute atomic E-state index is 0.443. The minimum atomic E-state index is 0.443. The number of nitrogens with one attached hydrogen (secondary N) is 1. The lowest BCUT2D eigenvalue weighted by Gasteiger charge is -2.42. The van der Waals surface area contributed by atoms with Crippen LogP contribution in [0.4, 0.5) is 0 Å². The highest BCUT2D eigenvalue weighted by Crippen LogP contribution is 2.45. The molecule has 0 bridgehead atoms. The lowest BCUT2D eigenvalue weighted by Crippen LogP contribution is -2.43. The zero-order valence-electron chi connectivity index (χ0n) is 13.5. The lowest BCUT2D eigenvalue weighted by atomic mass is 9.68. The summed E-state index contributed by atoms with van der Waals surface area (Å²) >= 11 is 5.56. The molecule has 1 aliphatic rings. The molecule has 118 valence electrons. The van der Waals surface area contributed by atoms with Gasteiger partial charge in [-0.25, -0.2) is 4.98 Å². The molecule has 2 nitrogen and oxygen atoms in total. The summed E-state index contributed by atoms with van der Waals surface area (Å²) in [7, 11) is 2.09. The molecule has 21 heavy (non-hydrogen) atoms. The van der Waals surface area contributed by atoms with E-state index in [-0.39, 0.29) is 0 Å². The van der Waals surface area contributed by atoms with Gasteiger partial charge in [0.05, 0.1) is 0 Å². The van der Waals surface area contributed by atoms with Crippen LogP contribution in [0.25, 0.3) is 0 Å². The molecule has 0 amide bonds. The monoisotopic (exact) mass is 370 g/mol. The highest BCUT2D eigenvalue weighted by molar-refractivity contribution is 9.10. The highest BCUT2D eigenvalue weighted by atomic mass is 79.9. The quantitative estimate of drug-likeness (QED) is 0.777. The van der Waals surface area contributed by atoms with Gasteiger partial charge in [0.2, 0.25) is 0 Å². The van der Waals surface area contributed by atoms with Gasteiger partial charge in [0.15, 0.2) is 0 Å². The molecule has 1 aromatic rings. The van der Waals surface area contributed by atoms with Gasteiger partial charge < -0.3 is 5.32 Å². The molecule has 4 heteroatoms. The predicted molar refractivity (Wildman–Crippen MR) is 95.8 cm³/mol. The highest BCUT2D eigenvalue weighted by Gasteiger charge is 2.37. The van der Waals surface area contributed by atoms with E-state index >= 15 is 0 Å². The van der Waals surface area contributed by atoms with E-state index in [0.717, 1.165) is 15.4 Å². The van der Waals surface area contributed by atoms with Crippen LogP contribution in [0.15, 0.2) is 27.8 Å². The van der Waals surface area contributed by atoms with Crippen LogP contribution in [0.2, 0.25) is 0 Å². The summed E-state index contributed by atoms with van der Waals surface area (Å²) in [6, 6.07) is 4.65. The van der Waals surface area contributed by atoms with Gasteiger partial charge in [-0.15, -0.1) is 11.8 Å². The molecule has 1 aliphatic carbocycles. The molecule has 0 aromatic carbocycles. The second-order valence-electron chi connectivity index (χ2n) is 6.69. The largest absolute Gasteiger partial charge is 0.316 e. The van der Waals surface area contributed by atoms with E-state index in [4.69, 9.17) is 0 Å². The standard InChI is InChI=1S/C17H27BrN2S/c1-5-17(2,3)12-8-9-14(19-4)15(11-12)21-16-13(18)7-6-10-20-16/h6-7,10,12,14-15,19H,5,8-9,11H2,1-4H3. The third kappa shape index (κ3) is 4.23. The van der Waals surface area contributed by atoms with Crippen LogP contribution in [0.1, 0.15) is 46.5 Å². The summed E-state index contributed by atoms with van der Waals surface area (Å²) < 4.78 is 1.11. The number of thioether (sulfide) groups is 1. The molecule has 1 fully saturated rings. The van der Waals surface area contributed by atoms with E-state index in [1.54, 1.807) is 0 Å². The van der Waals surface area contributed by atoms with E-state index in [9.17, 15) is 0 Å². The first-order valence-corrected chi connectivity index (χ1v) is 9.59. The number of aromatic nitrogens is 1. The Hall–Kier alpha value is -0.0600. The maximum atomic E-state index is 4.54. The zero-order valence-corrected chi connectivity index (χ0v) is 15.9. The van der Waals surface area contributed by atoms with Crippen molar-refractivity contribution < 1.29 is 0 Å². The first-order valence-electron chi connectivity index (χ1n) is 7.92. The lowest BCUT2D eigenvalue weighted by molar-refractivity contribution is 0.142. The van der Waals surface area contributed by atoms with Gasteiger partial charge in [0.1, 0.15) is 5.03 Å². The van der Waals surface area contributed by atoms with Gasteiger partial charge in [-0.2, -0.15) is 0 Å². The third-order valence-electron chi connectivity index (χ3n) is 5.17. The molecule has 2 rings (SSSR count). The number of rotatable bonds is 5. The van der Waals surface area contributed by atoms with Gasteiger partial charge in [-0.05, 0) is 65.7 Å². The van der Waals surface area contributed by atoms with Crippen LogP contribution in [-0.4, -0.2) is 23.3 Å². The molecule has 0 saturated heterocycles. The van der Waals surface area contributed by atoms with Crippen molar-refractivity contribution in [1.82, 2.24) is 10.3 Å². The van der Waals surface area contributed by atoms with Gasteiger partial charge in [-0.1, -0.05) is 27.2 Å². The average Bonchev–Trinajstić information content (AvgIpc) is 2.49. The van der Waals surface area contributed by atoms with Crippen LogP contribution in [-0.2, 0) is 0 Å². The molecule has 1 aromatic heterocycles. The van der Waals surface area contributed by atoms with Crippen LogP contribution >= 0.6 is 27.7 Å². The fraction of sp³-hybridized carbons (Fsp3) is 0.706. The van der Waals surface area contributed by atoms with E-state index in [0.29, 0.717) is 16.7 Å². The van der Waals surface area contributed by atoms with E-state index in [1.165, 1.54) is 25.7 Å². The predicted octanol–water partition coefficient (Wildman–Crippen LogP) is 5.13. The molecule has 1 saturated carbocycles. The van der Waals surface area contributed by atoms with Crippen molar-refractivity contribution in [3.63, 3.8) is 0 Å². The van der Waals surface area contributed by atoms with Crippen molar-refractivity contribution in [2.75, 3.05) is 7.05 Å². The van der Waals surface area contributed by atoms with E-state index in [1.807, 2.05) is 24.0 Å². The van der Waals surface area contributed by atoms with Crippen molar-refractivity contribution in [3.05, 3.63) is 22.8 Å². The fourth-order valence-electron chi connectivity index (χ4n) is 3.19. The average molecular weight is 371 g/mol. The Morgan fingerprint density at radius 3 is 2.81 bits per heavy atom. The normalized spacial score (nSPS) is 26.8. The van der Waals surface area contributed by atoms with Crippen molar-refractivity contribution in [1.29, 1.82) is 0 Å². The fourth-order valence-corrected chi connectivity index (χ4v) is 5.08. The molecule has 1 heterocycles. The molecule has 0 radical (unpaired) electrons. The van der Waals surface area contributed by atoms with Crippen LogP contribution < -0.4 is 5.32 Å². The maximum Gasteiger partial charge on any atom is 0.110 e. The second kappa shape index (κ2) is 7.47. The van der Waals surface area contributed by atoms with Crippen molar-refractivity contribution in [2.45, 2.75) is 62.8 Å². The number of nitrogens with zero attached hydrogens (tertiary/aromatic N) is 1. The molecular formula is C17H27BrN2S. The molecular weight excluding hydrogens is 344 g/mol. The summed E-state index contributed by atoms with van der Waals surface area (Å²) in [4.78, 5) is 4.54. The molecule has 1 N–H and O–H groups in total. The third-order valence-corrected chi connectivity index (χ3v) is 7.44. The van der Waals surface area contributed by atoms with Gasteiger partial charge >= 0.3 is 0 Å². The number of halogens is 1. The summed E-state index contributed by atoms with van der Waals surface area (Å²) in [5, 5.41) is 5.25. The molecule has 0 aliphatic heterocycles. The first kappa shape index (κ1) is 17.3. The Balaban J connectivity index is 2.12. The summed E-state index contributed by atoms with van der Waals surface area (Å²) in [6.45, 7) is 7.17. The zero-order chi connectivity index (χ0) is 15.5. The second-order valence-corrected chi connectivity index (χ2v) is 8.78. The van der Waals surface area contributed by atoms with E-state index in [2.05, 4.69) is 60.1 Å². The van der Waals surface area contributed by atoms with Crippen LogP contribution in [0, 0.1) is 11.3 Å². The van der Waals surface area contributed by atoms with Gasteiger partial charge in [0, 0.05) is 22.0 Å². The van der Waals surface area contributed by atoms with Gasteiger partial charge in [0.25, 0.3) is 0 Å². The molecule has 3 unspecified atom stereocenters. The van der Waals surface area contributed by atoms with Crippen LogP contribution in [0.3, 0.4) is 0 Å². The van der Waals surface area contributed by atoms with Crippen LogP contribution in [0.5, 0.6) is 0 Å². The number of hydrogen-bond acceptors (Lipinski definition) is 3. The minimum Gasteiger partial charge on any atom is -0.316 e. The summed E-state index contributed by atoms with van der Waals surface area (Å²) in [6.07, 6.45) is 7.03. The maximum absolute atomic E-state index is 4.54. The number of hydrogen-bond donors (Lipinski definition) is 1. The van der Waals surface area contributed by atoms with Crippen molar-refractivity contribution >= 4 is 27.7 Å². The topological polar surface area (TPSA) is 24.9 Å². The Morgan fingerprint density at radius 1 is 1.43 bits per heavy atom. The van der Waals surface area contributed by atoms with Gasteiger partial charge in [-0.3, -0.25) is 0 Å². The molecule has 3 atom stereocenters. The first-order chi connectivity index (χ1) is 9.97. The summed E-state index contributed by atoms with van der Waals surface area (Å²) in [5.74, 6) is 0.812. The Kier molecular flexibility index (Phi) is 6.15. The Bertz CT molecular complexity index is 464. The molecule has 0 spiro atoms. The van der Waals surface area contributed by atoms with E-state index < -0.39 is 0 Å². The Labute approximate surface area is 142 Å². The SMILES string of the molecule is CCC(C)(C)C1CCC(NC)C(Sc2ncccc2Br)C1. The van der Waals surface area contributed by atoms with Crippen molar-refractivity contribution in [2.24, 2.45) is 11.3 Å². The Morgan fingerprint density at radius 2 is 2.19 bits per heavy atom. The number of pyridine rings is 1. The summed E-state index contributed by atoms with van der Waals surface area (Å²) in [5.41, 5.74) is 0.443. The smallest absolute Gasteiger partial charge is 0.110 e. The van der Waals surface area contributed by atoms with Crippen molar-refractivity contribution in [3.8, 4) is 0 Å².